The van der Waals surface area contributed by atoms with Crippen LogP contribution in [0.2, 0.25) is 0 Å². The zero-order chi connectivity index (χ0) is 11.3. The molecule has 82 valence electrons. The summed E-state index contributed by atoms with van der Waals surface area (Å²) in [7, 11) is 1.29. The van der Waals surface area contributed by atoms with Crippen LogP contribution in [0, 0.1) is 6.92 Å². The quantitative estimate of drug-likeness (QED) is 0.650. The molecule has 7 nitrogen and oxygen atoms in total. The van der Waals surface area contributed by atoms with E-state index < -0.39 is 5.91 Å². The van der Waals surface area contributed by atoms with Gasteiger partial charge in [0.05, 0.1) is 13.5 Å². The fourth-order valence-electron chi connectivity index (χ4n) is 0.903. The Morgan fingerprint density at radius 2 is 2.27 bits per heavy atom. The third-order valence-electron chi connectivity index (χ3n) is 1.64. The van der Waals surface area contributed by atoms with Crippen LogP contribution in [0.3, 0.4) is 0 Å². The topological polar surface area (TPSA) is 97.0 Å². The third-order valence-corrected chi connectivity index (χ3v) is 1.64. The van der Waals surface area contributed by atoms with Gasteiger partial charge in [0.15, 0.2) is 0 Å². The standard InChI is InChI=1S/C8H12N4O3/c1-5-10-7(12-11-5)8(14)9-4-3-6(13)15-2/h3-4H2,1-2H3,(H,9,14)(H,10,11,12). The predicted molar refractivity (Wildman–Crippen MR) is 50.1 cm³/mol. The Bertz CT molecular complexity index is 361. The first-order valence-electron chi connectivity index (χ1n) is 4.37. The third kappa shape index (κ3) is 3.37. The second-order valence-corrected chi connectivity index (χ2v) is 2.83. The first-order valence-corrected chi connectivity index (χ1v) is 4.37. The van der Waals surface area contributed by atoms with Crippen molar-refractivity contribution in [1.29, 1.82) is 0 Å². The van der Waals surface area contributed by atoms with Crippen LogP contribution in [-0.2, 0) is 9.53 Å². The molecular formula is C8H12N4O3. The normalized spacial score (nSPS) is 9.73. The molecule has 1 rings (SSSR count). The van der Waals surface area contributed by atoms with Crippen LogP contribution in [0.5, 0.6) is 0 Å². The van der Waals surface area contributed by atoms with Crippen LogP contribution >= 0.6 is 0 Å². The van der Waals surface area contributed by atoms with Gasteiger partial charge in [0.2, 0.25) is 5.82 Å². The van der Waals surface area contributed by atoms with Crippen molar-refractivity contribution in [2.45, 2.75) is 13.3 Å². The lowest BCUT2D eigenvalue weighted by molar-refractivity contribution is -0.140. The summed E-state index contributed by atoms with van der Waals surface area (Å²) < 4.78 is 4.41. The molecule has 1 heterocycles. The Labute approximate surface area is 86.2 Å². The molecule has 0 saturated carbocycles. The van der Waals surface area contributed by atoms with Crippen LogP contribution in [0.1, 0.15) is 22.9 Å². The van der Waals surface area contributed by atoms with Gasteiger partial charge < -0.3 is 10.1 Å². The molecule has 0 atom stereocenters. The lowest BCUT2D eigenvalue weighted by Gasteiger charge is -2.00. The summed E-state index contributed by atoms with van der Waals surface area (Å²) in [6, 6.07) is 0. The molecule has 7 heteroatoms. The maximum Gasteiger partial charge on any atom is 0.307 e. The van der Waals surface area contributed by atoms with Crippen LogP contribution in [-0.4, -0.2) is 40.7 Å². The summed E-state index contributed by atoms with van der Waals surface area (Å²) in [6.45, 7) is 1.90. The number of carbonyl (C=O) groups excluding carboxylic acids is 2. The van der Waals surface area contributed by atoms with Crippen molar-refractivity contribution < 1.29 is 14.3 Å². The first-order chi connectivity index (χ1) is 7.13. The molecule has 0 fully saturated rings. The van der Waals surface area contributed by atoms with Gasteiger partial charge in [-0.2, -0.15) is 0 Å². The average Bonchev–Trinajstić information content (AvgIpc) is 2.64. The molecule has 0 aliphatic heterocycles. The Balaban J connectivity index is 2.34. The van der Waals surface area contributed by atoms with Crippen molar-refractivity contribution in [2.75, 3.05) is 13.7 Å². The van der Waals surface area contributed by atoms with Crippen molar-refractivity contribution in [3.05, 3.63) is 11.6 Å². The number of nitrogens with zero attached hydrogens (tertiary/aromatic N) is 2. The average molecular weight is 212 g/mol. The molecule has 0 spiro atoms. The van der Waals surface area contributed by atoms with Gasteiger partial charge in [0.25, 0.3) is 5.91 Å². The molecule has 0 radical (unpaired) electrons. The van der Waals surface area contributed by atoms with Crippen molar-refractivity contribution >= 4 is 11.9 Å². The number of ether oxygens (including phenoxy) is 1. The smallest absolute Gasteiger partial charge is 0.307 e. The molecule has 1 aromatic heterocycles. The predicted octanol–water partition coefficient (Wildman–Crippen LogP) is -0.594. The van der Waals surface area contributed by atoms with Crippen LogP contribution in [0.4, 0.5) is 0 Å². The SMILES string of the molecule is COC(=O)CCNC(=O)c1n[nH]c(C)n1. The van der Waals surface area contributed by atoms with E-state index in [2.05, 4.69) is 25.2 Å². The fourth-order valence-corrected chi connectivity index (χ4v) is 0.903. The molecule has 0 bridgehead atoms. The highest BCUT2D eigenvalue weighted by atomic mass is 16.5. The molecule has 1 aromatic rings. The molecule has 0 saturated heterocycles. The van der Waals surface area contributed by atoms with E-state index in [0.717, 1.165) is 0 Å². The minimum Gasteiger partial charge on any atom is -0.469 e. The minimum atomic E-state index is -0.414. The fraction of sp³-hybridized carbons (Fsp3) is 0.500. The molecule has 0 aliphatic carbocycles. The molecule has 0 aromatic carbocycles. The summed E-state index contributed by atoms with van der Waals surface area (Å²) in [5.74, 6) is -0.157. The minimum absolute atomic E-state index is 0.0670. The Morgan fingerprint density at radius 1 is 1.53 bits per heavy atom. The van der Waals surface area contributed by atoms with Gasteiger partial charge in [0, 0.05) is 6.54 Å². The van der Waals surface area contributed by atoms with Crippen molar-refractivity contribution in [3.8, 4) is 0 Å². The summed E-state index contributed by atoms with van der Waals surface area (Å²) in [5, 5.41) is 8.71. The number of hydrogen-bond acceptors (Lipinski definition) is 5. The second-order valence-electron chi connectivity index (χ2n) is 2.83. The summed E-state index contributed by atoms with van der Waals surface area (Å²) in [4.78, 5) is 25.9. The monoisotopic (exact) mass is 212 g/mol. The van der Waals surface area contributed by atoms with E-state index in [4.69, 9.17) is 0 Å². The maximum atomic E-state index is 11.3. The number of nitrogens with one attached hydrogen (secondary N) is 2. The number of aromatic amines is 1. The van der Waals surface area contributed by atoms with Gasteiger partial charge in [-0.1, -0.05) is 0 Å². The van der Waals surface area contributed by atoms with Gasteiger partial charge in [-0.3, -0.25) is 14.7 Å². The molecule has 15 heavy (non-hydrogen) atoms. The van der Waals surface area contributed by atoms with E-state index in [-0.39, 0.29) is 24.8 Å². The number of carbonyl (C=O) groups is 2. The van der Waals surface area contributed by atoms with Gasteiger partial charge in [-0.05, 0) is 6.92 Å². The largest absolute Gasteiger partial charge is 0.469 e. The van der Waals surface area contributed by atoms with Crippen molar-refractivity contribution in [1.82, 2.24) is 20.5 Å². The van der Waals surface area contributed by atoms with E-state index in [1.807, 2.05) is 0 Å². The van der Waals surface area contributed by atoms with E-state index in [1.165, 1.54) is 7.11 Å². The maximum absolute atomic E-state index is 11.3. The highest BCUT2D eigenvalue weighted by molar-refractivity contribution is 5.90. The van der Waals surface area contributed by atoms with Crippen molar-refractivity contribution in [2.24, 2.45) is 0 Å². The molecular weight excluding hydrogens is 200 g/mol. The van der Waals surface area contributed by atoms with Crippen LogP contribution in [0.15, 0.2) is 0 Å². The van der Waals surface area contributed by atoms with Gasteiger partial charge in [-0.25, -0.2) is 4.98 Å². The number of esters is 1. The highest BCUT2D eigenvalue weighted by Crippen LogP contribution is 1.90. The molecule has 2 N–H and O–H groups in total. The number of aryl methyl sites for hydroxylation is 1. The second kappa shape index (κ2) is 5.08. The van der Waals surface area contributed by atoms with E-state index in [1.54, 1.807) is 6.92 Å². The number of H-pyrrole nitrogens is 1. The van der Waals surface area contributed by atoms with Crippen LogP contribution in [0.25, 0.3) is 0 Å². The van der Waals surface area contributed by atoms with E-state index >= 15 is 0 Å². The first kappa shape index (κ1) is 11.2. The Hall–Kier alpha value is -1.92. The van der Waals surface area contributed by atoms with E-state index in [0.29, 0.717) is 5.82 Å². The summed E-state index contributed by atoms with van der Waals surface area (Å²) in [6.07, 6.45) is 0.131. The van der Waals surface area contributed by atoms with Crippen LogP contribution < -0.4 is 5.32 Å². The summed E-state index contributed by atoms with van der Waals surface area (Å²) >= 11 is 0. The van der Waals surface area contributed by atoms with E-state index in [9.17, 15) is 9.59 Å². The molecule has 0 unspecified atom stereocenters. The Morgan fingerprint density at radius 3 is 2.80 bits per heavy atom. The number of hydrogen-bond donors (Lipinski definition) is 2. The summed E-state index contributed by atoms with van der Waals surface area (Å²) in [5.41, 5.74) is 0. The molecule has 0 aliphatic rings. The van der Waals surface area contributed by atoms with Gasteiger partial charge in [0.1, 0.15) is 5.82 Å². The van der Waals surface area contributed by atoms with Gasteiger partial charge in [-0.15, -0.1) is 5.10 Å². The molecule has 1 amide bonds. The lowest BCUT2D eigenvalue weighted by atomic mass is 10.4. The number of amides is 1. The zero-order valence-electron chi connectivity index (χ0n) is 8.53. The number of rotatable bonds is 4. The zero-order valence-corrected chi connectivity index (χ0v) is 8.53. The van der Waals surface area contributed by atoms with Crippen molar-refractivity contribution in [3.63, 3.8) is 0 Å². The number of aromatic nitrogens is 3. The number of methoxy groups -OCH3 is 1. The Kier molecular flexibility index (Phi) is 3.78. The lowest BCUT2D eigenvalue weighted by Crippen LogP contribution is -2.27. The van der Waals surface area contributed by atoms with Gasteiger partial charge >= 0.3 is 5.97 Å². The highest BCUT2D eigenvalue weighted by Gasteiger charge is 2.10.